The summed E-state index contributed by atoms with van der Waals surface area (Å²) in [6, 6.07) is 3.80. The van der Waals surface area contributed by atoms with Crippen molar-refractivity contribution in [2.45, 2.75) is 40.0 Å². The second-order valence-corrected chi connectivity index (χ2v) is 8.53. The van der Waals surface area contributed by atoms with Gasteiger partial charge in [0.1, 0.15) is 11.4 Å². The van der Waals surface area contributed by atoms with Gasteiger partial charge in [-0.05, 0) is 42.2 Å². The largest absolute Gasteiger partial charge is 0.494 e. The Morgan fingerprint density at radius 1 is 1.42 bits per heavy atom. The number of fused-ring (bicyclic) bond motifs is 1. The molecular weight excluding hydrogens is 320 g/mol. The molecule has 24 heavy (non-hydrogen) atoms. The van der Waals surface area contributed by atoms with Crippen LogP contribution >= 0.6 is 11.3 Å². The molecule has 2 aromatic rings. The zero-order valence-corrected chi connectivity index (χ0v) is 15.5. The highest BCUT2D eigenvalue weighted by molar-refractivity contribution is 7.14. The number of nitrogens with zero attached hydrogens (tertiary/aromatic N) is 1. The van der Waals surface area contributed by atoms with Crippen molar-refractivity contribution in [1.29, 1.82) is 0 Å². The highest BCUT2D eigenvalue weighted by atomic mass is 32.1. The number of aryl methyl sites for hydroxylation is 1. The molecule has 4 nitrogen and oxygen atoms in total. The molecule has 0 bridgehead atoms. The summed E-state index contributed by atoms with van der Waals surface area (Å²) in [6.07, 6.45) is 6.60. The van der Waals surface area contributed by atoms with E-state index >= 15 is 0 Å². The maximum absolute atomic E-state index is 12.6. The number of nitrogens with one attached hydrogen (secondary N) is 1. The summed E-state index contributed by atoms with van der Waals surface area (Å²) in [6.45, 7) is 6.91. The van der Waals surface area contributed by atoms with Crippen LogP contribution in [-0.2, 0) is 12.8 Å². The quantitative estimate of drug-likeness (QED) is 0.888. The van der Waals surface area contributed by atoms with Crippen molar-refractivity contribution in [3.05, 3.63) is 39.8 Å². The fraction of sp³-hybridized carbons (Fsp3) is 0.474. The summed E-state index contributed by atoms with van der Waals surface area (Å²) in [7, 11) is 1.58. The first-order chi connectivity index (χ1) is 11.4. The molecule has 2 heterocycles. The van der Waals surface area contributed by atoms with E-state index in [1.807, 2.05) is 0 Å². The number of thiophene rings is 1. The smallest absolute Gasteiger partial charge is 0.265 e. The maximum Gasteiger partial charge on any atom is 0.265 e. The molecule has 0 fully saturated rings. The first-order valence-electron chi connectivity index (χ1n) is 8.29. The van der Waals surface area contributed by atoms with E-state index in [9.17, 15) is 4.79 Å². The number of anilines is 1. The molecule has 1 N–H and O–H groups in total. The Labute approximate surface area is 147 Å². The number of ether oxygens (including phenoxy) is 1. The van der Waals surface area contributed by atoms with Gasteiger partial charge in [0.25, 0.3) is 5.91 Å². The fourth-order valence-electron chi connectivity index (χ4n) is 3.21. The Kier molecular flexibility index (Phi) is 4.63. The van der Waals surface area contributed by atoms with Gasteiger partial charge < -0.3 is 10.1 Å². The molecule has 5 heteroatoms. The molecule has 0 aliphatic heterocycles. The number of pyridine rings is 1. The van der Waals surface area contributed by atoms with Crippen molar-refractivity contribution in [2.24, 2.45) is 11.3 Å². The summed E-state index contributed by atoms with van der Waals surface area (Å²) in [5.74, 6) is 1.20. The molecule has 0 saturated carbocycles. The standard InChI is InChI=1S/C19H24N2O2S/c1-19(2,3)13-5-6-16-12(9-13)10-17(24-16)18(22)21-14-11-20-8-7-15(14)23-4/h7-8,10-11,13H,5-6,9H2,1-4H3,(H,21,22). The minimum Gasteiger partial charge on any atom is -0.494 e. The van der Waals surface area contributed by atoms with Gasteiger partial charge in [-0.2, -0.15) is 0 Å². The molecule has 0 saturated heterocycles. The number of methoxy groups -OCH3 is 1. The van der Waals surface area contributed by atoms with Crippen molar-refractivity contribution in [3.8, 4) is 5.75 Å². The first-order valence-corrected chi connectivity index (χ1v) is 9.11. The van der Waals surface area contributed by atoms with E-state index in [2.05, 4.69) is 37.1 Å². The number of amides is 1. The number of rotatable bonds is 3. The Balaban J connectivity index is 1.77. The van der Waals surface area contributed by atoms with Crippen LogP contribution < -0.4 is 10.1 Å². The lowest BCUT2D eigenvalue weighted by molar-refractivity contribution is 0.103. The van der Waals surface area contributed by atoms with Gasteiger partial charge in [0.15, 0.2) is 0 Å². The lowest BCUT2D eigenvalue weighted by atomic mass is 9.72. The number of hydrogen-bond donors (Lipinski definition) is 1. The normalized spacial score (nSPS) is 17.2. The van der Waals surface area contributed by atoms with E-state index in [-0.39, 0.29) is 5.91 Å². The van der Waals surface area contributed by atoms with Crippen LogP contribution in [0.1, 0.15) is 47.3 Å². The summed E-state index contributed by atoms with van der Waals surface area (Å²) in [4.78, 5) is 18.8. The van der Waals surface area contributed by atoms with Gasteiger partial charge in [-0.15, -0.1) is 11.3 Å². The summed E-state index contributed by atoms with van der Waals surface area (Å²) in [5.41, 5.74) is 2.25. The maximum atomic E-state index is 12.6. The van der Waals surface area contributed by atoms with Gasteiger partial charge in [0.2, 0.25) is 0 Å². The van der Waals surface area contributed by atoms with Crippen molar-refractivity contribution >= 4 is 22.9 Å². The van der Waals surface area contributed by atoms with Gasteiger partial charge >= 0.3 is 0 Å². The average molecular weight is 344 g/mol. The van der Waals surface area contributed by atoms with Gasteiger partial charge in [0, 0.05) is 17.1 Å². The molecule has 0 radical (unpaired) electrons. The summed E-state index contributed by atoms with van der Waals surface area (Å²) in [5, 5.41) is 2.91. The van der Waals surface area contributed by atoms with Crippen molar-refractivity contribution in [2.75, 3.05) is 12.4 Å². The molecule has 0 spiro atoms. The Morgan fingerprint density at radius 3 is 2.92 bits per heavy atom. The van der Waals surface area contributed by atoms with Crippen LogP contribution in [0.2, 0.25) is 0 Å². The lowest BCUT2D eigenvalue weighted by Gasteiger charge is -2.33. The molecule has 0 aromatic carbocycles. The van der Waals surface area contributed by atoms with Crippen molar-refractivity contribution in [1.82, 2.24) is 4.98 Å². The SMILES string of the molecule is COc1ccncc1NC(=O)c1cc2c(s1)CCC(C(C)(C)C)C2. The Morgan fingerprint density at radius 2 is 2.21 bits per heavy atom. The van der Waals surface area contributed by atoms with E-state index in [1.54, 1.807) is 36.9 Å². The van der Waals surface area contributed by atoms with Crippen molar-refractivity contribution < 1.29 is 9.53 Å². The highest BCUT2D eigenvalue weighted by Gasteiger charge is 2.30. The predicted molar refractivity (Wildman–Crippen MR) is 98.0 cm³/mol. The monoisotopic (exact) mass is 344 g/mol. The summed E-state index contributed by atoms with van der Waals surface area (Å²) >= 11 is 1.62. The zero-order chi connectivity index (χ0) is 17.3. The molecule has 128 valence electrons. The predicted octanol–water partition coefficient (Wildman–Crippen LogP) is 4.56. The molecule has 1 amide bonds. The minimum absolute atomic E-state index is 0.0898. The number of carbonyl (C=O) groups is 1. The molecular formula is C19H24N2O2S. The summed E-state index contributed by atoms with van der Waals surface area (Å²) < 4.78 is 5.26. The zero-order valence-electron chi connectivity index (χ0n) is 14.7. The van der Waals surface area contributed by atoms with E-state index in [0.29, 0.717) is 22.8 Å². The van der Waals surface area contributed by atoms with Gasteiger partial charge in [-0.1, -0.05) is 20.8 Å². The van der Waals surface area contributed by atoms with Crippen LogP contribution in [0.25, 0.3) is 0 Å². The average Bonchev–Trinajstić information content (AvgIpc) is 2.97. The molecule has 1 aliphatic carbocycles. The number of aromatic nitrogens is 1. The van der Waals surface area contributed by atoms with Crippen LogP contribution in [0.4, 0.5) is 5.69 Å². The van der Waals surface area contributed by atoms with Crippen LogP contribution in [0.5, 0.6) is 5.75 Å². The lowest BCUT2D eigenvalue weighted by Crippen LogP contribution is -2.26. The topological polar surface area (TPSA) is 51.2 Å². The van der Waals surface area contributed by atoms with E-state index in [4.69, 9.17) is 4.74 Å². The van der Waals surface area contributed by atoms with Crippen LogP contribution in [0.15, 0.2) is 24.5 Å². The van der Waals surface area contributed by atoms with Crippen molar-refractivity contribution in [3.63, 3.8) is 0 Å². The third-order valence-electron chi connectivity index (χ3n) is 4.78. The highest BCUT2D eigenvalue weighted by Crippen LogP contribution is 2.40. The van der Waals surface area contributed by atoms with E-state index in [1.165, 1.54) is 16.9 Å². The second kappa shape index (κ2) is 6.55. The Bertz CT molecular complexity index is 746. The van der Waals surface area contributed by atoms with Gasteiger partial charge in [-0.3, -0.25) is 9.78 Å². The van der Waals surface area contributed by atoms with Gasteiger partial charge in [-0.25, -0.2) is 0 Å². The fourth-order valence-corrected chi connectivity index (χ4v) is 4.32. The number of hydrogen-bond acceptors (Lipinski definition) is 4. The number of carbonyl (C=O) groups excluding carboxylic acids is 1. The third kappa shape index (κ3) is 3.46. The minimum atomic E-state index is -0.0898. The molecule has 1 aliphatic rings. The second-order valence-electron chi connectivity index (χ2n) is 7.39. The van der Waals surface area contributed by atoms with E-state index < -0.39 is 0 Å². The third-order valence-corrected chi connectivity index (χ3v) is 6.02. The van der Waals surface area contributed by atoms with Crippen LogP contribution in [-0.4, -0.2) is 18.0 Å². The molecule has 1 atom stereocenters. The van der Waals surface area contributed by atoms with Crippen LogP contribution in [0.3, 0.4) is 0 Å². The molecule has 1 unspecified atom stereocenters. The van der Waals surface area contributed by atoms with E-state index in [0.717, 1.165) is 17.7 Å². The Hall–Kier alpha value is -1.88. The molecule has 3 rings (SSSR count). The molecule has 2 aromatic heterocycles. The van der Waals surface area contributed by atoms with Crippen LogP contribution in [0, 0.1) is 11.3 Å². The first kappa shape index (κ1) is 17.0. The van der Waals surface area contributed by atoms with Gasteiger partial charge in [0.05, 0.1) is 18.2 Å².